The van der Waals surface area contributed by atoms with Crippen molar-refractivity contribution >= 4 is 11.6 Å². The molecule has 3 rings (SSSR count). The number of benzene rings is 1. The average molecular weight is 300 g/mol. The van der Waals surface area contributed by atoms with Gasteiger partial charge in [-0.05, 0) is 37.5 Å². The summed E-state index contributed by atoms with van der Waals surface area (Å²) < 4.78 is 5.52. The van der Waals surface area contributed by atoms with Crippen LogP contribution in [0.1, 0.15) is 46.1 Å². The van der Waals surface area contributed by atoms with Gasteiger partial charge in [0.1, 0.15) is 5.76 Å². The number of rotatable bonds is 3. The van der Waals surface area contributed by atoms with Gasteiger partial charge in [0.2, 0.25) is 0 Å². The van der Waals surface area contributed by atoms with Gasteiger partial charge in [-0.2, -0.15) is 0 Å². The van der Waals surface area contributed by atoms with E-state index in [1.165, 1.54) is 24.3 Å². The van der Waals surface area contributed by atoms with Crippen LogP contribution in [0, 0.1) is 17.0 Å². The molecule has 0 radical (unpaired) electrons. The SMILES string of the molecule is Cc1coc2c1C(NC(=O)c1ccc([N+](=O)[O-])cc1)CCC2. The maximum Gasteiger partial charge on any atom is 0.269 e. The molecule has 0 fully saturated rings. The number of hydrogen-bond acceptors (Lipinski definition) is 4. The van der Waals surface area contributed by atoms with E-state index in [4.69, 9.17) is 4.42 Å². The topological polar surface area (TPSA) is 85.4 Å². The van der Waals surface area contributed by atoms with Crippen LogP contribution in [-0.4, -0.2) is 10.8 Å². The van der Waals surface area contributed by atoms with Gasteiger partial charge >= 0.3 is 0 Å². The number of carbonyl (C=O) groups is 1. The Morgan fingerprint density at radius 1 is 1.36 bits per heavy atom. The molecular formula is C16H16N2O4. The van der Waals surface area contributed by atoms with Crippen LogP contribution in [0.5, 0.6) is 0 Å². The third kappa shape index (κ3) is 2.59. The lowest BCUT2D eigenvalue weighted by atomic mass is 9.90. The maximum absolute atomic E-state index is 12.3. The molecule has 22 heavy (non-hydrogen) atoms. The molecule has 0 bridgehead atoms. The Labute approximate surface area is 127 Å². The first kappa shape index (κ1) is 14.3. The largest absolute Gasteiger partial charge is 0.469 e. The molecule has 0 saturated carbocycles. The minimum Gasteiger partial charge on any atom is -0.469 e. The highest BCUT2D eigenvalue weighted by atomic mass is 16.6. The lowest BCUT2D eigenvalue weighted by molar-refractivity contribution is -0.384. The Bertz CT molecular complexity index is 718. The molecule has 0 aliphatic heterocycles. The summed E-state index contributed by atoms with van der Waals surface area (Å²) in [6.07, 6.45) is 4.45. The predicted molar refractivity (Wildman–Crippen MR) is 79.7 cm³/mol. The molecule has 0 saturated heterocycles. The number of nitrogens with zero attached hydrogens (tertiary/aromatic N) is 1. The van der Waals surface area contributed by atoms with Crippen molar-refractivity contribution in [1.82, 2.24) is 5.32 Å². The van der Waals surface area contributed by atoms with E-state index in [0.717, 1.165) is 36.1 Å². The summed E-state index contributed by atoms with van der Waals surface area (Å²) in [6.45, 7) is 1.97. The van der Waals surface area contributed by atoms with Crippen molar-refractivity contribution in [2.24, 2.45) is 0 Å². The summed E-state index contributed by atoms with van der Waals surface area (Å²) in [7, 11) is 0. The van der Waals surface area contributed by atoms with E-state index in [-0.39, 0.29) is 17.6 Å². The number of hydrogen-bond donors (Lipinski definition) is 1. The Morgan fingerprint density at radius 2 is 2.09 bits per heavy atom. The zero-order valence-electron chi connectivity index (χ0n) is 12.2. The summed E-state index contributed by atoms with van der Waals surface area (Å²) >= 11 is 0. The summed E-state index contributed by atoms with van der Waals surface area (Å²) in [4.78, 5) is 22.5. The Morgan fingerprint density at radius 3 is 2.77 bits per heavy atom. The molecule has 6 heteroatoms. The van der Waals surface area contributed by atoms with Crippen LogP contribution < -0.4 is 5.32 Å². The van der Waals surface area contributed by atoms with Gasteiger partial charge in [-0.1, -0.05) is 0 Å². The minimum absolute atomic E-state index is 0.0258. The molecule has 1 heterocycles. The lowest BCUT2D eigenvalue weighted by Crippen LogP contribution is -2.30. The summed E-state index contributed by atoms with van der Waals surface area (Å²) in [5.41, 5.74) is 2.51. The van der Waals surface area contributed by atoms with Gasteiger partial charge in [-0.25, -0.2) is 0 Å². The van der Waals surface area contributed by atoms with Crippen LogP contribution in [0.25, 0.3) is 0 Å². The monoisotopic (exact) mass is 300 g/mol. The predicted octanol–water partition coefficient (Wildman–Crippen LogP) is 3.30. The first-order chi connectivity index (χ1) is 10.6. The molecule has 114 valence electrons. The summed E-state index contributed by atoms with van der Waals surface area (Å²) in [5, 5.41) is 13.6. The third-order valence-corrected chi connectivity index (χ3v) is 3.99. The molecule has 1 aromatic carbocycles. The molecule has 1 aromatic heterocycles. The standard InChI is InChI=1S/C16H16N2O4/c1-10-9-22-14-4-2-3-13(15(10)14)17-16(19)11-5-7-12(8-6-11)18(20)21/h5-9,13H,2-4H2,1H3,(H,17,19). The molecule has 2 aromatic rings. The molecule has 1 aliphatic carbocycles. The third-order valence-electron chi connectivity index (χ3n) is 3.99. The highest BCUT2D eigenvalue weighted by molar-refractivity contribution is 5.94. The van der Waals surface area contributed by atoms with E-state index in [0.29, 0.717) is 5.56 Å². The fourth-order valence-electron chi connectivity index (χ4n) is 2.90. The Balaban J connectivity index is 1.77. The number of aryl methyl sites for hydroxylation is 2. The lowest BCUT2D eigenvalue weighted by Gasteiger charge is -2.23. The molecule has 1 aliphatic rings. The number of carbonyl (C=O) groups excluding carboxylic acids is 1. The van der Waals surface area contributed by atoms with Gasteiger partial charge in [0.05, 0.1) is 17.2 Å². The highest BCUT2D eigenvalue weighted by Gasteiger charge is 2.26. The smallest absolute Gasteiger partial charge is 0.269 e. The quantitative estimate of drug-likeness (QED) is 0.696. The highest BCUT2D eigenvalue weighted by Crippen LogP contribution is 2.33. The van der Waals surface area contributed by atoms with Gasteiger partial charge in [-0.3, -0.25) is 14.9 Å². The molecule has 0 spiro atoms. The zero-order valence-corrected chi connectivity index (χ0v) is 12.2. The number of fused-ring (bicyclic) bond motifs is 1. The summed E-state index contributed by atoms with van der Waals surface area (Å²) in [5.74, 6) is 0.714. The second-order valence-corrected chi connectivity index (χ2v) is 5.48. The first-order valence-electron chi connectivity index (χ1n) is 7.18. The van der Waals surface area contributed by atoms with Crippen molar-refractivity contribution in [3.8, 4) is 0 Å². The Hall–Kier alpha value is -2.63. The van der Waals surface area contributed by atoms with E-state index >= 15 is 0 Å². The molecule has 1 amide bonds. The van der Waals surface area contributed by atoms with Gasteiger partial charge in [-0.15, -0.1) is 0 Å². The van der Waals surface area contributed by atoms with Crippen LogP contribution in [0.3, 0.4) is 0 Å². The van der Waals surface area contributed by atoms with Crippen molar-refractivity contribution in [1.29, 1.82) is 0 Å². The van der Waals surface area contributed by atoms with Crippen LogP contribution in [0.15, 0.2) is 34.9 Å². The second-order valence-electron chi connectivity index (χ2n) is 5.48. The molecular weight excluding hydrogens is 284 g/mol. The van der Waals surface area contributed by atoms with Gasteiger partial charge in [0, 0.05) is 29.7 Å². The van der Waals surface area contributed by atoms with Crippen molar-refractivity contribution in [2.45, 2.75) is 32.2 Å². The van der Waals surface area contributed by atoms with Crippen molar-refractivity contribution in [3.63, 3.8) is 0 Å². The van der Waals surface area contributed by atoms with E-state index < -0.39 is 4.92 Å². The fourth-order valence-corrected chi connectivity index (χ4v) is 2.90. The first-order valence-corrected chi connectivity index (χ1v) is 7.18. The van der Waals surface area contributed by atoms with Crippen LogP contribution in [0.4, 0.5) is 5.69 Å². The van der Waals surface area contributed by atoms with Crippen LogP contribution >= 0.6 is 0 Å². The van der Waals surface area contributed by atoms with E-state index in [1.807, 2.05) is 6.92 Å². The van der Waals surface area contributed by atoms with Crippen molar-refractivity contribution < 1.29 is 14.1 Å². The summed E-state index contributed by atoms with van der Waals surface area (Å²) in [6, 6.07) is 5.55. The fraction of sp³-hybridized carbons (Fsp3) is 0.312. The number of non-ortho nitro benzene ring substituents is 1. The van der Waals surface area contributed by atoms with Crippen LogP contribution in [-0.2, 0) is 6.42 Å². The van der Waals surface area contributed by atoms with E-state index in [2.05, 4.69) is 5.32 Å². The number of amides is 1. The van der Waals surface area contributed by atoms with Crippen LogP contribution in [0.2, 0.25) is 0 Å². The van der Waals surface area contributed by atoms with Gasteiger partial charge in [0.25, 0.3) is 11.6 Å². The molecule has 1 unspecified atom stereocenters. The number of furan rings is 1. The van der Waals surface area contributed by atoms with E-state index in [1.54, 1.807) is 6.26 Å². The zero-order chi connectivity index (χ0) is 15.7. The maximum atomic E-state index is 12.3. The Kier molecular flexibility index (Phi) is 3.66. The van der Waals surface area contributed by atoms with Crippen molar-refractivity contribution in [3.05, 3.63) is 63.1 Å². The van der Waals surface area contributed by atoms with Gasteiger partial charge < -0.3 is 9.73 Å². The van der Waals surface area contributed by atoms with Gasteiger partial charge in [0.15, 0.2) is 0 Å². The van der Waals surface area contributed by atoms with Crippen molar-refractivity contribution in [2.75, 3.05) is 0 Å². The number of nitrogens with one attached hydrogen (secondary N) is 1. The number of nitro groups is 1. The number of nitro benzene ring substituents is 1. The second kappa shape index (κ2) is 5.63. The van der Waals surface area contributed by atoms with E-state index in [9.17, 15) is 14.9 Å². The molecule has 1 N–H and O–H groups in total. The normalized spacial score (nSPS) is 16.9. The molecule has 1 atom stereocenters. The average Bonchev–Trinajstić information content (AvgIpc) is 2.90. The minimum atomic E-state index is -0.482. The molecule has 6 nitrogen and oxygen atoms in total.